The summed E-state index contributed by atoms with van der Waals surface area (Å²) in [7, 11) is 0. The fraction of sp³-hybridized carbons (Fsp3) is 1.00. The molecular weight excluding hydrogens is 176 g/mol. The minimum Gasteiger partial charge on any atom is -0.396 e. The molecule has 0 saturated heterocycles. The number of nitrogens with two attached hydrogens (primary N) is 1. The van der Waals surface area contributed by atoms with Gasteiger partial charge in [-0.1, -0.05) is 27.7 Å². The molecule has 0 aromatic carbocycles. The van der Waals surface area contributed by atoms with Crippen LogP contribution in [0.2, 0.25) is 0 Å². The summed E-state index contributed by atoms with van der Waals surface area (Å²) in [6, 6.07) is 0.701. The van der Waals surface area contributed by atoms with Gasteiger partial charge in [-0.3, -0.25) is 0 Å². The molecule has 3 heteroatoms. The Morgan fingerprint density at radius 1 is 1.36 bits per heavy atom. The number of nitrogens with one attached hydrogen (secondary N) is 1. The van der Waals surface area contributed by atoms with Crippen LogP contribution in [-0.2, 0) is 0 Å². The third kappa shape index (κ3) is 4.94. The average molecular weight is 202 g/mol. The van der Waals surface area contributed by atoms with Crippen molar-refractivity contribution in [3.63, 3.8) is 0 Å². The largest absolute Gasteiger partial charge is 0.396 e. The van der Waals surface area contributed by atoms with Gasteiger partial charge < -0.3 is 16.2 Å². The molecule has 0 heterocycles. The molecule has 0 aliphatic carbocycles. The predicted molar refractivity (Wildman–Crippen MR) is 61.2 cm³/mol. The molecule has 0 spiro atoms. The van der Waals surface area contributed by atoms with Crippen molar-refractivity contribution in [2.75, 3.05) is 13.2 Å². The highest BCUT2D eigenvalue weighted by Gasteiger charge is 2.24. The number of rotatable bonds is 6. The standard InChI is InChI=1S/C11H26N2O/c1-5-9(6-7-14)13-10(8-12)11(2,3)4/h9-10,13-14H,5-8,12H2,1-4H3. The van der Waals surface area contributed by atoms with E-state index in [1.54, 1.807) is 0 Å². The topological polar surface area (TPSA) is 58.3 Å². The average Bonchev–Trinajstić information content (AvgIpc) is 2.10. The summed E-state index contributed by atoms with van der Waals surface area (Å²) in [5, 5.41) is 12.4. The van der Waals surface area contributed by atoms with Crippen LogP contribution < -0.4 is 11.1 Å². The maximum absolute atomic E-state index is 8.88. The maximum Gasteiger partial charge on any atom is 0.0445 e. The van der Waals surface area contributed by atoms with Gasteiger partial charge in [-0.05, 0) is 18.3 Å². The highest BCUT2D eigenvalue weighted by Crippen LogP contribution is 2.19. The Bertz CT molecular complexity index is 143. The molecule has 4 N–H and O–H groups in total. The lowest BCUT2D eigenvalue weighted by Gasteiger charge is -2.34. The van der Waals surface area contributed by atoms with Crippen molar-refractivity contribution in [1.29, 1.82) is 0 Å². The van der Waals surface area contributed by atoms with Crippen molar-refractivity contribution in [2.45, 2.75) is 52.6 Å². The molecule has 0 rings (SSSR count). The molecule has 0 radical (unpaired) electrons. The van der Waals surface area contributed by atoms with Crippen molar-refractivity contribution in [3.8, 4) is 0 Å². The summed E-state index contributed by atoms with van der Waals surface area (Å²) in [4.78, 5) is 0. The van der Waals surface area contributed by atoms with Gasteiger partial charge in [-0.25, -0.2) is 0 Å². The van der Waals surface area contributed by atoms with Crippen LogP contribution in [0, 0.1) is 5.41 Å². The van der Waals surface area contributed by atoms with Crippen molar-refractivity contribution in [1.82, 2.24) is 5.32 Å². The second-order valence-electron chi connectivity index (χ2n) is 4.94. The molecule has 0 aliphatic heterocycles. The van der Waals surface area contributed by atoms with E-state index in [0.717, 1.165) is 12.8 Å². The first-order valence-corrected chi connectivity index (χ1v) is 5.52. The van der Waals surface area contributed by atoms with Crippen LogP contribution in [0.1, 0.15) is 40.5 Å². The molecular formula is C11H26N2O. The van der Waals surface area contributed by atoms with E-state index in [-0.39, 0.29) is 12.0 Å². The molecule has 0 bridgehead atoms. The summed E-state index contributed by atoms with van der Waals surface area (Å²) in [5.41, 5.74) is 5.91. The Kier molecular flexibility index (Phi) is 6.33. The van der Waals surface area contributed by atoms with E-state index in [1.807, 2.05) is 0 Å². The van der Waals surface area contributed by atoms with Crippen molar-refractivity contribution >= 4 is 0 Å². The fourth-order valence-electron chi connectivity index (χ4n) is 1.52. The highest BCUT2D eigenvalue weighted by atomic mass is 16.3. The molecule has 0 amide bonds. The minimum absolute atomic E-state index is 0.178. The monoisotopic (exact) mass is 202 g/mol. The molecule has 0 aliphatic rings. The first kappa shape index (κ1) is 13.9. The lowest BCUT2D eigenvalue weighted by Crippen LogP contribution is -2.50. The van der Waals surface area contributed by atoms with Crippen molar-refractivity contribution < 1.29 is 5.11 Å². The Labute approximate surface area is 88.1 Å². The minimum atomic E-state index is 0.178. The van der Waals surface area contributed by atoms with Crippen LogP contribution in [-0.4, -0.2) is 30.3 Å². The zero-order valence-corrected chi connectivity index (χ0v) is 10.0. The van der Waals surface area contributed by atoms with Gasteiger partial charge in [0.25, 0.3) is 0 Å². The molecule has 0 aromatic heterocycles. The van der Waals surface area contributed by atoms with Gasteiger partial charge in [0.15, 0.2) is 0 Å². The van der Waals surface area contributed by atoms with Gasteiger partial charge >= 0.3 is 0 Å². The van der Waals surface area contributed by atoms with Gasteiger partial charge in [0.2, 0.25) is 0 Å². The van der Waals surface area contributed by atoms with E-state index >= 15 is 0 Å². The highest BCUT2D eigenvalue weighted by molar-refractivity contribution is 4.84. The molecule has 86 valence electrons. The molecule has 14 heavy (non-hydrogen) atoms. The van der Waals surface area contributed by atoms with E-state index < -0.39 is 0 Å². The normalized spacial score (nSPS) is 16.7. The fourth-order valence-corrected chi connectivity index (χ4v) is 1.52. The van der Waals surface area contributed by atoms with E-state index in [2.05, 4.69) is 33.0 Å². The molecule has 2 atom stereocenters. The van der Waals surface area contributed by atoms with E-state index in [9.17, 15) is 0 Å². The first-order valence-electron chi connectivity index (χ1n) is 5.52. The summed E-state index contributed by atoms with van der Waals surface area (Å²) < 4.78 is 0. The van der Waals surface area contributed by atoms with Crippen LogP contribution in [0.4, 0.5) is 0 Å². The Balaban J connectivity index is 4.14. The SMILES string of the molecule is CCC(CCO)NC(CN)C(C)(C)C. The summed E-state index contributed by atoms with van der Waals surface area (Å²) >= 11 is 0. The Morgan fingerprint density at radius 2 is 1.93 bits per heavy atom. The Hall–Kier alpha value is -0.120. The van der Waals surface area contributed by atoms with Crippen LogP contribution in [0.15, 0.2) is 0 Å². The van der Waals surface area contributed by atoms with E-state index in [0.29, 0.717) is 18.6 Å². The lowest BCUT2D eigenvalue weighted by molar-refractivity contribution is 0.214. The van der Waals surface area contributed by atoms with Gasteiger partial charge in [0.05, 0.1) is 0 Å². The Morgan fingerprint density at radius 3 is 2.21 bits per heavy atom. The van der Waals surface area contributed by atoms with Crippen LogP contribution in [0.25, 0.3) is 0 Å². The molecule has 2 unspecified atom stereocenters. The van der Waals surface area contributed by atoms with Crippen LogP contribution in [0.3, 0.4) is 0 Å². The number of hydrogen-bond acceptors (Lipinski definition) is 3. The molecule has 0 saturated carbocycles. The van der Waals surface area contributed by atoms with Crippen molar-refractivity contribution in [3.05, 3.63) is 0 Å². The lowest BCUT2D eigenvalue weighted by atomic mass is 9.86. The van der Waals surface area contributed by atoms with Gasteiger partial charge in [-0.15, -0.1) is 0 Å². The number of hydrogen-bond donors (Lipinski definition) is 3. The summed E-state index contributed by atoms with van der Waals surface area (Å²) in [5.74, 6) is 0. The summed E-state index contributed by atoms with van der Waals surface area (Å²) in [6.45, 7) is 9.57. The maximum atomic E-state index is 8.88. The van der Waals surface area contributed by atoms with E-state index in [1.165, 1.54) is 0 Å². The number of aliphatic hydroxyl groups excluding tert-OH is 1. The van der Waals surface area contributed by atoms with Gasteiger partial charge in [0.1, 0.15) is 0 Å². The van der Waals surface area contributed by atoms with Gasteiger partial charge in [0, 0.05) is 25.2 Å². The quantitative estimate of drug-likeness (QED) is 0.605. The third-order valence-corrected chi connectivity index (χ3v) is 2.69. The van der Waals surface area contributed by atoms with E-state index in [4.69, 9.17) is 10.8 Å². The molecule has 3 nitrogen and oxygen atoms in total. The summed E-state index contributed by atoms with van der Waals surface area (Å²) in [6.07, 6.45) is 1.84. The third-order valence-electron chi connectivity index (χ3n) is 2.69. The smallest absolute Gasteiger partial charge is 0.0445 e. The first-order chi connectivity index (χ1) is 6.45. The zero-order valence-electron chi connectivity index (χ0n) is 10.0. The second kappa shape index (κ2) is 6.38. The molecule has 0 aromatic rings. The van der Waals surface area contributed by atoms with Crippen LogP contribution in [0.5, 0.6) is 0 Å². The van der Waals surface area contributed by atoms with Crippen LogP contribution >= 0.6 is 0 Å². The number of aliphatic hydroxyl groups is 1. The molecule has 0 fully saturated rings. The predicted octanol–water partition coefficient (Wildman–Crippen LogP) is 1.11. The second-order valence-corrected chi connectivity index (χ2v) is 4.94. The van der Waals surface area contributed by atoms with Gasteiger partial charge in [-0.2, -0.15) is 0 Å². The van der Waals surface area contributed by atoms with Crippen molar-refractivity contribution in [2.24, 2.45) is 11.1 Å². The zero-order chi connectivity index (χ0) is 11.2.